The van der Waals surface area contributed by atoms with E-state index >= 15 is 0 Å². The number of primary sulfonamides is 1. The van der Waals surface area contributed by atoms with Crippen molar-refractivity contribution >= 4 is 40.0 Å². The second-order valence-electron chi connectivity index (χ2n) is 7.45. The molecule has 1 unspecified atom stereocenters. The molecule has 1 aromatic carbocycles. The zero-order valence-electron chi connectivity index (χ0n) is 17.6. The standard InChI is InChI=1S/C19H33N5O4S.HI/c1-3-21-18(23-14-19(2,25)15-24-10-12-28-13-11-24)22-9-8-16-4-6-17(7-5-16)29(20,26)27;/h4-7,25H,3,8-15H2,1-2H3,(H2,20,26,27)(H2,21,22,23);1H. The number of nitrogens with zero attached hydrogens (tertiary/aromatic N) is 2. The number of aliphatic imine (C=N–C) groups is 1. The molecule has 1 aromatic rings. The number of hydrogen-bond acceptors (Lipinski definition) is 6. The number of morpholine rings is 1. The van der Waals surface area contributed by atoms with Crippen LogP contribution in [0, 0.1) is 0 Å². The van der Waals surface area contributed by atoms with Gasteiger partial charge in [0.1, 0.15) is 0 Å². The molecule has 2 rings (SSSR count). The Kier molecular flexibility index (Phi) is 11.5. The molecule has 1 atom stereocenters. The number of nitrogens with one attached hydrogen (secondary N) is 2. The van der Waals surface area contributed by atoms with Gasteiger partial charge in [0.15, 0.2) is 5.96 Å². The van der Waals surface area contributed by atoms with Gasteiger partial charge in [-0.1, -0.05) is 12.1 Å². The van der Waals surface area contributed by atoms with Gasteiger partial charge in [-0.2, -0.15) is 0 Å². The second kappa shape index (κ2) is 12.8. The molecule has 1 saturated heterocycles. The molecule has 9 nitrogen and oxygen atoms in total. The van der Waals surface area contributed by atoms with Gasteiger partial charge in [-0.05, 0) is 38.0 Å². The van der Waals surface area contributed by atoms with Gasteiger partial charge in [0, 0.05) is 32.7 Å². The van der Waals surface area contributed by atoms with Crippen LogP contribution in [0.5, 0.6) is 0 Å². The molecular weight excluding hydrogens is 521 g/mol. The first kappa shape index (κ1) is 27.0. The molecule has 0 radical (unpaired) electrons. The maximum Gasteiger partial charge on any atom is 0.238 e. The van der Waals surface area contributed by atoms with Crippen LogP contribution in [0.4, 0.5) is 0 Å². The number of ether oxygens (including phenoxy) is 1. The van der Waals surface area contributed by atoms with Crippen LogP contribution in [0.15, 0.2) is 34.2 Å². The van der Waals surface area contributed by atoms with Gasteiger partial charge in [-0.15, -0.1) is 24.0 Å². The minimum atomic E-state index is -3.67. The molecule has 1 heterocycles. The third kappa shape index (κ3) is 9.88. The number of hydrogen-bond donors (Lipinski definition) is 4. The van der Waals surface area contributed by atoms with Crippen molar-refractivity contribution < 1.29 is 18.3 Å². The van der Waals surface area contributed by atoms with Crippen molar-refractivity contribution in [2.24, 2.45) is 10.1 Å². The molecule has 0 amide bonds. The Bertz CT molecular complexity index is 766. The van der Waals surface area contributed by atoms with Crippen molar-refractivity contribution in [3.63, 3.8) is 0 Å². The number of benzene rings is 1. The quantitative estimate of drug-likeness (QED) is 0.194. The van der Waals surface area contributed by atoms with Crippen molar-refractivity contribution in [2.45, 2.75) is 30.8 Å². The van der Waals surface area contributed by atoms with Gasteiger partial charge in [-0.25, -0.2) is 13.6 Å². The Hall–Kier alpha value is -0.990. The van der Waals surface area contributed by atoms with Crippen LogP contribution in [-0.4, -0.2) is 82.5 Å². The monoisotopic (exact) mass is 555 g/mol. The SMILES string of the molecule is CCNC(=NCC(C)(O)CN1CCOCC1)NCCc1ccc(S(N)(=O)=O)cc1.I. The Morgan fingerprint density at radius 2 is 1.90 bits per heavy atom. The summed E-state index contributed by atoms with van der Waals surface area (Å²) in [4.78, 5) is 6.81. The molecule has 11 heteroatoms. The van der Waals surface area contributed by atoms with Gasteiger partial charge < -0.3 is 20.5 Å². The van der Waals surface area contributed by atoms with E-state index < -0.39 is 15.6 Å². The van der Waals surface area contributed by atoms with Gasteiger partial charge in [0.2, 0.25) is 10.0 Å². The lowest BCUT2D eigenvalue weighted by atomic mass is 10.1. The Balaban J connectivity index is 0.00000450. The summed E-state index contributed by atoms with van der Waals surface area (Å²) >= 11 is 0. The highest BCUT2D eigenvalue weighted by molar-refractivity contribution is 14.0. The first-order chi connectivity index (χ1) is 13.7. The lowest BCUT2D eigenvalue weighted by Crippen LogP contribution is -2.48. The summed E-state index contributed by atoms with van der Waals surface area (Å²) in [7, 11) is -3.67. The van der Waals surface area contributed by atoms with E-state index in [-0.39, 0.29) is 35.4 Å². The molecule has 172 valence electrons. The summed E-state index contributed by atoms with van der Waals surface area (Å²) in [6.45, 7) is 8.97. The van der Waals surface area contributed by atoms with Gasteiger partial charge >= 0.3 is 0 Å². The highest BCUT2D eigenvalue weighted by atomic mass is 127. The molecule has 0 aliphatic carbocycles. The van der Waals surface area contributed by atoms with Crippen molar-refractivity contribution in [2.75, 3.05) is 52.5 Å². The smallest absolute Gasteiger partial charge is 0.238 e. The zero-order chi connectivity index (χ0) is 21.3. The first-order valence-corrected chi connectivity index (χ1v) is 11.4. The molecule has 0 saturated carbocycles. The van der Waals surface area contributed by atoms with Crippen LogP contribution in [0.2, 0.25) is 0 Å². The minimum Gasteiger partial charge on any atom is -0.387 e. The number of sulfonamides is 1. The number of halogens is 1. The Morgan fingerprint density at radius 1 is 1.27 bits per heavy atom. The van der Waals surface area contributed by atoms with E-state index in [9.17, 15) is 13.5 Å². The predicted molar refractivity (Wildman–Crippen MR) is 129 cm³/mol. The second-order valence-corrected chi connectivity index (χ2v) is 9.01. The third-order valence-electron chi connectivity index (χ3n) is 4.55. The third-order valence-corrected chi connectivity index (χ3v) is 5.48. The van der Waals surface area contributed by atoms with Crippen LogP contribution in [-0.2, 0) is 21.2 Å². The number of β-amino-alcohol motifs (C(OH)–C–C–N with tert-alkyl or cyclic N) is 1. The lowest BCUT2D eigenvalue weighted by Gasteiger charge is -2.33. The molecule has 0 spiro atoms. The maximum atomic E-state index is 11.3. The van der Waals surface area contributed by atoms with Crippen LogP contribution < -0.4 is 15.8 Å². The molecule has 1 fully saturated rings. The topological polar surface area (TPSA) is 129 Å². The number of aliphatic hydroxyl groups is 1. The largest absolute Gasteiger partial charge is 0.387 e. The Morgan fingerprint density at radius 3 is 2.47 bits per heavy atom. The molecular formula is C19H34IN5O4S. The van der Waals surface area contributed by atoms with E-state index in [0.717, 1.165) is 18.7 Å². The zero-order valence-corrected chi connectivity index (χ0v) is 20.8. The van der Waals surface area contributed by atoms with Gasteiger partial charge in [0.25, 0.3) is 0 Å². The average Bonchev–Trinajstić information content (AvgIpc) is 2.66. The predicted octanol–water partition coefficient (Wildman–Crippen LogP) is 0.133. The first-order valence-electron chi connectivity index (χ1n) is 9.86. The summed E-state index contributed by atoms with van der Waals surface area (Å²) in [6, 6.07) is 6.51. The maximum absolute atomic E-state index is 11.3. The summed E-state index contributed by atoms with van der Waals surface area (Å²) < 4.78 is 28.0. The molecule has 5 N–H and O–H groups in total. The molecule has 1 aliphatic rings. The minimum absolute atomic E-state index is 0. The Labute approximate surface area is 196 Å². The van der Waals surface area contributed by atoms with E-state index in [1.807, 2.05) is 6.92 Å². The molecule has 0 aromatic heterocycles. The van der Waals surface area contributed by atoms with E-state index in [1.54, 1.807) is 19.1 Å². The van der Waals surface area contributed by atoms with E-state index in [0.29, 0.717) is 45.2 Å². The molecule has 1 aliphatic heterocycles. The fraction of sp³-hybridized carbons (Fsp3) is 0.632. The highest BCUT2D eigenvalue weighted by Crippen LogP contribution is 2.10. The highest BCUT2D eigenvalue weighted by Gasteiger charge is 2.25. The van der Waals surface area contributed by atoms with Gasteiger partial charge in [-0.3, -0.25) is 9.89 Å². The number of guanidine groups is 1. The summed E-state index contributed by atoms with van der Waals surface area (Å²) in [6.07, 6.45) is 0.694. The fourth-order valence-corrected chi connectivity index (χ4v) is 3.57. The van der Waals surface area contributed by atoms with Crippen LogP contribution in [0.1, 0.15) is 19.4 Å². The lowest BCUT2D eigenvalue weighted by molar-refractivity contribution is -0.0179. The molecule has 0 bridgehead atoms. The fourth-order valence-electron chi connectivity index (χ4n) is 3.05. The van der Waals surface area contributed by atoms with Crippen molar-refractivity contribution in [1.82, 2.24) is 15.5 Å². The number of nitrogens with two attached hydrogens (primary N) is 1. The summed E-state index contributed by atoms with van der Waals surface area (Å²) in [5.74, 6) is 0.635. The van der Waals surface area contributed by atoms with Gasteiger partial charge in [0.05, 0.1) is 30.3 Å². The summed E-state index contributed by atoms with van der Waals surface area (Å²) in [5.41, 5.74) is 0.0588. The van der Waals surface area contributed by atoms with E-state index in [2.05, 4.69) is 20.5 Å². The van der Waals surface area contributed by atoms with Crippen LogP contribution in [0.25, 0.3) is 0 Å². The van der Waals surface area contributed by atoms with E-state index in [4.69, 9.17) is 9.88 Å². The van der Waals surface area contributed by atoms with Crippen molar-refractivity contribution in [3.05, 3.63) is 29.8 Å². The van der Waals surface area contributed by atoms with Crippen LogP contribution >= 0.6 is 24.0 Å². The van der Waals surface area contributed by atoms with Crippen LogP contribution in [0.3, 0.4) is 0 Å². The normalized spacial score (nSPS) is 17.7. The summed E-state index contributed by atoms with van der Waals surface area (Å²) in [5, 5.41) is 22.2. The van der Waals surface area contributed by atoms with Crippen molar-refractivity contribution in [1.29, 1.82) is 0 Å². The molecule has 30 heavy (non-hydrogen) atoms. The van der Waals surface area contributed by atoms with E-state index in [1.165, 1.54) is 12.1 Å². The number of rotatable bonds is 9. The van der Waals surface area contributed by atoms with Crippen molar-refractivity contribution in [3.8, 4) is 0 Å². The average molecular weight is 555 g/mol.